The number of carbonyl (C=O) groups excluding carboxylic acids is 2. The number of fused-ring (bicyclic) bond motifs is 1. The Kier molecular flexibility index (Phi) is 21.8. The summed E-state index contributed by atoms with van der Waals surface area (Å²) in [6, 6.07) is 6.82. The maximum atomic E-state index is 12.3. The Hall–Kier alpha value is -1.52. The first-order valence-corrected chi connectivity index (χ1v) is 15.1. The van der Waals surface area contributed by atoms with Crippen LogP contribution in [-0.4, -0.2) is 148 Å². The van der Waals surface area contributed by atoms with E-state index in [1.165, 1.54) is 4.90 Å². The van der Waals surface area contributed by atoms with E-state index < -0.39 is 0 Å². The first-order valence-electron chi connectivity index (χ1n) is 14.0. The molecule has 1 aromatic carbocycles. The topological polar surface area (TPSA) is 120 Å². The van der Waals surface area contributed by atoms with Gasteiger partial charge in [0, 0.05) is 5.33 Å². The van der Waals surface area contributed by atoms with Gasteiger partial charge in [0.1, 0.15) is 0 Å². The molecule has 0 saturated carbocycles. The Balaban J connectivity index is 1.21. The van der Waals surface area contributed by atoms with Crippen LogP contribution in [0, 0.1) is 0 Å². The van der Waals surface area contributed by atoms with Crippen molar-refractivity contribution >= 4 is 27.7 Å². The number of imide groups is 1. The van der Waals surface area contributed by atoms with Gasteiger partial charge >= 0.3 is 0 Å². The van der Waals surface area contributed by atoms with Crippen LogP contribution in [0.3, 0.4) is 0 Å². The summed E-state index contributed by atoms with van der Waals surface area (Å²) in [5, 5.41) is 0.832. The molecule has 12 nitrogen and oxygen atoms in total. The number of nitrogens with zero attached hydrogens (tertiary/aromatic N) is 1. The largest absolute Gasteiger partial charge is 0.378 e. The Morgan fingerprint density at radius 1 is 0.439 bits per heavy atom. The second-order valence-corrected chi connectivity index (χ2v) is 9.30. The van der Waals surface area contributed by atoms with Gasteiger partial charge in [-0.1, -0.05) is 28.1 Å². The highest BCUT2D eigenvalue weighted by atomic mass is 79.9. The van der Waals surface area contributed by atoms with Gasteiger partial charge in [-0.15, -0.1) is 0 Å². The number of halogens is 1. The molecule has 13 heteroatoms. The van der Waals surface area contributed by atoms with Crippen molar-refractivity contribution in [1.82, 2.24) is 4.90 Å². The molecule has 2 rings (SSSR count). The van der Waals surface area contributed by atoms with E-state index in [1.54, 1.807) is 24.3 Å². The minimum atomic E-state index is -0.275. The van der Waals surface area contributed by atoms with Crippen LogP contribution in [0.2, 0.25) is 0 Å². The molecule has 0 aliphatic carbocycles. The average molecular weight is 651 g/mol. The van der Waals surface area contributed by atoms with Crippen LogP contribution in [0.1, 0.15) is 20.7 Å². The highest BCUT2D eigenvalue weighted by Gasteiger charge is 2.34. The van der Waals surface area contributed by atoms with Crippen molar-refractivity contribution in [3.8, 4) is 0 Å². The van der Waals surface area contributed by atoms with E-state index in [9.17, 15) is 9.59 Å². The molecule has 0 unspecified atom stereocenters. The quantitative estimate of drug-likeness (QED) is 0.0718. The van der Waals surface area contributed by atoms with E-state index in [2.05, 4.69) is 15.9 Å². The number of rotatable bonds is 29. The van der Waals surface area contributed by atoms with Crippen LogP contribution in [0.4, 0.5) is 0 Å². The average Bonchev–Trinajstić information content (AvgIpc) is 3.23. The SMILES string of the molecule is O=C1c2ccccc2C(=O)N1CCOCCOCCOCCOCCOCCOCCOCCOCCOCCBr. The summed E-state index contributed by atoms with van der Waals surface area (Å²) in [5.74, 6) is -0.550. The summed E-state index contributed by atoms with van der Waals surface area (Å²) in [6.45, 7) is 9.06. The lowest BCUT2D eigenvalue weighted by Crippen LogP contribution is -2.33. The van der Waals surface area contributed by atoms with Gasteiger partial charge in [-0.2, -0.15) is 0 Å². The number of carbonyl (C=O) groups is 2. The number of ether oxygens (including phenoxy) is 9. The molecule has 0 fully saturated rings. The molecular formula is C28H44BrNO11. The molecule has 0 radical (unpaired) electrons. The Morgan fingerprint density at radius 2 is 0.707 bits per heavy atom. The van der Waals surface area contributed by atoms with Crippen molar-refractivity contribution < 1.29 is 52.2 Å². The molecule has 0 N–H and O–H groups in total. The fraction of sp³-hybridized carbons (Fsp3) is 0.714. The normalized spacial score (nSPS) is 13.0. The smallest absolute Gasteiger partial charge is 0.261 e. The molecule has 1 aliphatic rings. The van der Waals surface area contributed by atoms with Crippen molar-refractivity contribution in [2.24, 2.45) is 0 Å². The minimum Gasteiger partial charge on any atom is -0.378 e. The highest BCUT2D eigenvalue weighted by Crippen LogP contribution is 2.21. The van der Waals surface area contributed by atoms with Crippen molar-refractivity contribution in [1.29, 1.82) is 0 Å². The van der Waals surface area contributed by atoms with Crippen LogP contribution in [0.25, 0.3) is 0 Å². The summed E-state index contributed by atoms with van der Waals surface area (Å²) >= 11 is 3.29. The van der Waals surface area contributed by atoms with Gasteiger partial charge in [-0.25, -0.2) is 0 Å². The van der Waals surface area contributed by atoms with Gasteiger partial charge in [-0.05, 0) is 12.1 Å². The predicted octanol–water partition coefficient (Wildman–Crippen LogP) is 1.83. The number of amides is 2. The second kappa shape index (κ2) is 25.0. The fourth-order valence-electron chi connectivity index (χ4n) is 3.51. The predicted molar refractivity (Wildman–Crippen MR) is 153 cm³/mol. The zero-order valence-corrected chi connectivity index (χ0v) is 25.4. The number of hydrogen-bond acceptors (Lipinski definition) is 11. The fourth-order valence-corrected chi connectivity index (χ4v) is 3.74. The minimum absolute atomic E-state index is 0.218. The molecule has 1 heterocycles. The Morgan fingerprint density at radius 3 is 1.00 bits per heavy atom. The van der Waals surface area contributed by atoms with Crippen LogP contribution < -0.4 is 0 Å². The zero-order chi connectivity index (χ0) is 29.2. The Bertz CT molecular complexity index is 782. The van der Waals surface area contributed by atoms with Gasteiger partial charge in [-0.3, -0.25) is 14.5 Å². The third-order valence-electron chi connectivity index (χ3n) is 5.53. The van der Waals surface area contributed by atoms with Crippen molar-refractivity contribution in [3.05, 3.63) is 35.4 Å². The number of hydrogen-bond donors (Lipinski definition) is 0. The third-order valence-corrected chi connectivity index (χ3v) is 5.86. The van der Waals surface area contributed by atoms with E-state index in [0.717, 1.165) is 5.33 Å². The molecule has 2 amide bonds. The summed E-state index contributed by atoms with van der Waals surface area (Å²) in [4.78, 5) is 25.8. The summed E-state index contributed by atoms with van der Waals surface area (Å²) < 4.78 is 48.8. The first kappa shape index (κ1) is 35.7. The van der Waals surface area contributed by atoms with Gasteiger partial charge in [0.25, 0.3) is 11.8 Å². The molecule has 0 bridgehead atoms. The van der Waals surface area contributed by atoms with Crippen LogP contribution >= 0.6 is 15.9 Å². The molecular weight excluding hydrogens is 606 g/mol. The van der Waals surface area contributed by atoms with Gasteiger partial charge in [0.05, 0.1) is 137 Å². The third kappa shape index (κ3) is 16.6. The molecule has 0 saturated heterocycles. The van der Waals surface area contributed by atoms with Gasteiger partial charge < -0.3 is 42.6 Å². The number of benzene rings is 1. The van der Waals surface area contributed by atoms with Crippen LogP contribution in [-0.2, 0) is 42.6 Å². The maximum Gasteiger partial charge on any atom is 0.261 e. The zero-order valence-electron chi connectivity index (χ0n) is 23.8. The van der Waals surface area contributed by atoms with Crippen molar-refractivity contribution in [2.75, 3.05) is 131 Å². The van der Waals surface area contributed by atoms with E-state index in [-0.39, 0.29) is 25.0 Å². The highest BCUT2D eigenvalue weighted by molar-refractivity contribution is 9.09. The van der Waals surface area contributed by atoms with E-state index in [1.807, 2.05) is 0 Å². The lowest BCUT2D eigenvalue weighted by Gasteiger charge is -2.13. The van der Waals surface area contributed by atoms with Crippen molar-refractivity contribution in [2.45, 2.75) is 0 Å². The van der Waals surface area contributed by atoms with Crippen molar-refractivity contribution in [3.63, 3.8) is 0 Å². The number of alkyl halides is 1. The second-order valence-electron chi connectivity index (χ2n) is 8.51. The van der Waals surface area contributed by atoms with Gasteiger partial charge in [0.2, 0.25) is 0 Å². The maximum absolute atomic E-state index is 12.3. The molecule has 234 valence electrons. The molecule has 41 heavy (non-hydrogen) atoms. The monoisotopic (exact) mass is 649 g/mol. The molecule has 0 atom stereocenters. The van der Waals surface area contributed by atoms with Crippen LogP contribution in [0.5, 0.6) is 0 Å². The standard InChI is InChI=1S/C28H44BrNO11/c29-5-7-33-9-11-35-13-15-37-17-19-39-21-23-41-24-22-40-20-18-38-16-14-36-12-10-34-8-6-30-27(31)25-3-1-2-4-26(25)28(30)32/h1-4H,5-24H2. The van der Waals surface area contributed by atoms with E-state index in [4.69, 9.17) is 42.6 Å². The first-order chi connectivity index (χ1) is 20.3. The summed E-state index contributed by atoms with van der Waals surface area (Å²) in [5.41, 5.74) is 0.889. The molecule has 0 aromatic heterocycles. The van der Waals surface area contributed by atoms with E-state index >= 15 is 0 Å². The lowest BCUT2D eigenvalue weighted by molar-refractivity contribution is -0.0249. The van der Waals surface area contributed by atoms with E-state index in [0.29, 0.717) is 123 Å². The van der Waals surface area contributed by atoms with Crippen LogP contribution in [0.15, 0.2) is 24.3 Å². The Labute approximate surface area is 250 Å². The summed E-state index contributed by atoms with van der Waals surface area (Å²) in [7, 11) is 0. The lowest BCUT2D eigenvalue weighted by atomic mass is 10.1. The van der Waals surface area contributed by atoms with Gasteiger partial charge in [0.15, 0.2) is 0 Å². The molecule has 1 aromatic rings. The summed E-state index contributed by atoms with van der Waals surface area (Å²) in [6.07, 6.45) is 0. The molecule has 1 aliphatic heterocycles. The molecule has 0 spiro atoms.